The molecule has 0 saturated carbocycles. The lowest BCUT2D eigenvalue weighted by atomic mass is 9.99. The summed E-state index contributed by atoms with van der Waals surface area (Å²) in [6.45, 7) is 44.0. The Labute approximate surface area is 497 Å². The van der Waals surface area contributed by atoms with E-state index in [1.165, 1.54) is 38.5 Å². The Balaban J connectivity index is -0.00000113. The fourth-order valence-electron chi connectivity index (χ4n) is 7.79. The van der Waals surface area contributed by atoms with E-state index in [2.05, 4.69) is 62.3 Å². The van der Waals surface area contributed by atoms with Gasteiger partial charge >= 0.3 is 0 Å². The van der Waals surface area contributed by atoms with E-state index < -0.39 is 0 Å². The topological polar surface area (TPSA) is 166 Å². The number of rotatable bonds is 66. The van der Waals surface area contributed by atoms with Gasteiger partial charge in [-0.2, -0.15) is 0 Å². The highest BCUT2D eigenvalue weighted by Gasteiger charge is 2.23. The Bertz CT molecular complexity index is 1050. The highest BCUT2D eigenvalue weighted by molar-refractivity contribution is 4.65. The summed E-state index contributed by atoms with van der Waals surface area (Å²) in [5, 5.41) is 0. The molecule has 0 radical (unpaired) electrons. The van der Waals surface area contributed by atoms with Crippen molar-refractivity contribution in [1.82, 2.24) is 0 Å². The van der Waals surface area contributed by atoms with E-state index in [0.717, 1.165) is 97.4 Å². The first-order valence-electron chi connectivity index (χ1n) is 32.5. The van der Waals surface area contributed by atoms with Crippen molar-refractivity contribution in [3.63, 3.8) is 0 Å². The molecule has 0 heterocycles. The largest absolute Gasteiger partial charge is 0.379 e. The maximum absolute atomic E-state index is 6.01. The molecule has 4 atom stereocenters. The van der Waals surface area contributed by atoms with Crippen LogP contribution in [0, 0.1) is 17.8 Å². The first kappa shape index (κ1) is 84.5. The normalized spacial score (nSPS) is 13.1. The Kier molecular flexibility index (Phi) is 78.6. The van der Waals surface area contributed by atoms with Crippen molar-refractivity contribution in [2.24, 2.45) is 17.8 Å². The number of unbranched alkanes of at least 4 members (excludes halogenated alkanes) is 3. The minimum absolute atomic E-state index is 0.197. The third kappa shape index (κ3) is 63.6. The molecule has 0 aromatic rings. The third-order valence-corrected chi connectivity index (χ3v) is 12.5. The molecule has 18 nitrogen and oxygen atoms in total. The summed E-state index contributed by atoms with van der Waals surface area (Å²) in [6.07, 6.45) is 16.1. The highest BCUT2D eigenvalue weighted by Crippen LogP contribution is 2.23. The summed E-state index contributed by atoms with van der Waals surface area (Å²) in [6, 6.07) is 0. The van der Waals surface area contributed by atoms with Gasteiger partial charge in [0, 0.05) is 57.4 Å². The standard InChI is InChI=1S/C22H46O6.C21H44O6.C20H42O6/c1-5-9-10-21(8-4)22(27-19-17-25-15-13-23-11-6-2)28-20-18-26-16-14-24-12-7-3;1-5-9-10-20(7-3)21(26-18-16-24-13-12-22-8-4)27-19-17-25-15-14-23-11-6-2;1-5-9-10-19(6-2)20(25-17-15-23-13-11-21-7-3)26-18-16-24-14-12-22-8-4/h21-22H,5-20H2,1-4H3;20-21H,5-19H2,1-4H3;19-20H,5-18H2,1-4H3. The van der Waals surface area contributed by atoms with E-state index in [9.17, 15) is 0 Å². The fraction of sp³-hybridized carbons (Fsp3) is 1.00. The molecule has 0 aliphatic heterocycles. The molecule has 0 aliphatic carbocycles. The van der Waals surface area contributed by atoms with Crippen LogP contribution in [0.5, 0.6) is 0 Å². The van der Waals surface area contributed by atoms with Gasteiger partial charge in [0.05, 0.1) is 159 Å². The van der Waals surface area contributed by atoms with Crippen LogP contribution in [0.4, 0.5) is 0 Å². The molecule has 0 aromatic carbocycles. The highest BCUT2D eigenvalue weighted by atomic mass is 16.7. The average Bonchev–Trinajstić information content (AvgIpc) is 3.48. The lowest BCUT2D eigenvalue weighted by Gasteiger charge is -2.26. The van der Waals surface area contributed by atoms with Crippen LogP contribution in [0.15, 0.2) is 0 Å². The van der Waals surface area contributed by atoms with Gasteiger partial charge in [-0.3, -0.25) is 0 Å². The molecule has 0 aliphatic rings. The third-order valence-electron chi connectivity index (χ3n) is 12.5. The van der Waals surface area contributed by atoms with Gasteiger partial charge in [-0.05, 0) is 78.6 Å². The minimum atomic E-state index is -0.198. The second-order valence-corrected chi connectivity index (χ2v) is 19.4. The number of ether oxygens (including phenoxy) is 18. The molecule has 0 N–H and O–H groups in total. The fourth-order valence-corrected chi connectivity index (χ4v) is 7.79. The van der Waals surface area contributed by atoms with Crippen molar-refractivity contribution < 1.29 is 85.3 Å². The molecule has 0 aromatic heterocycles. The summed E-state index contributed by atoms with van der Waals surface area (Å²) >= 11 is 0. The molecule has 492 valence electrons. The van der Waals surface area contributed by atoms with Crippen LogP contribution >= 0.6 is 0 Å². The molecule has 0 bridgehead atoms. The lowest BCUT2D eigenvalue weighted by Crippen LogP contribution is -2.30. The summed E-state index contributed by atoms with van der Waals surface area (Å²) in [4.78, 5) is 0. The van der Waals surface area contributed by atoms with Gasteiger partial charge in [0.25, 0.3) is 0 Å². The Hall–Kier alpha value is -0.720. The second kappa shape index (κ2) is 75.4. The first-order valence-corrected chi connectivity index (χ1v) is 32.5. The average molecular weight is 1180 g/mol. The van der Waals surface area contributed by atoms with Gasteiger partial charge in [-0.15, -0.1) is 0 Å². The predicted molar refractivity (Wildman–Crippen MR) is 325 cm³/mol. The van der Waals surface area contributed by atoms with Gasteiger partial charge < -0.3 is 85.3 Å². The number of hydrogen-bond acceptors (Lipinski definition) is 18. The van der Waals surface area contributed by atoms with Crippen LogP contribution in [0.25, 0.3) is 0 Å². The lowest BCUT2D eigenvalue weighted by molar-refractivity contribution is -0.187. The first-order chi connectivity index (χ1) is 39.9. The van der Waals surface area contributed by atoms with Crippen molar-refractivity contribution >= 4 is 0 Å². The monoisotopic (exact) mass is 1180 g/mol. The van der Waals surface area contributed by atoms with Crippen LogP contribution < -0.4 is 0 Å². The van der Waals surface area contributed by atoms with Crippen molar-refractivity contribution in [3.8, 4) is 0 Å². The van der Waals surface area contributed by atoms with E-state index in [4.69, 9.17) is 85.3 Å². The van der Waals surface area contributed by atoms with Crippen LogP contribution in [0.2, 0.25) is 0 Å². The van der Waals surface area contributed by atoms with Crippen LogP contribution in [-0.4, -0.2) is 217 Å². The van der Waals surface area contributed by atoms with Gasteiger partial charge in [-0.25, -0.2) is 0 Å². The molecule has 0 rings (SSSR count). The van der Waals surface area contributed by atoms with Crippen molar-refractivity contribution in [1.29, 1.82) is 0 Å². The maximum Gasteiger partial charge on any atom is 0.160 e. The van der Waals surface area contributed by atoms with Gasteiger partial charge in [0.1, 0.15) is 0 Å². The molecule has 0 fully saturated rings. The van der Waals surface area contributed by atoms with Gasteiger partial charge in [0.2, 0.25) is 0 Å². The molecular weight excluding hydrogens is 1040 g/mol. The van der Waals surface area contributed by atoms with Crippen LogP contribution in [0.3, 0.4) is 0 Å². The molecule has 0 spiro atoms. The van der Waals surface area contributed by atoms with Gasteiger partial charge in [-0.1, -0.05) is 101 Å². The molecule has 81 heavy (non-hydrogen) atoms. The van der Waals surface area contributed by atoms with Crippen molar-refractivity contribution in [2.75, 3.05) is 198 Å². The zero-order valence-corrected chi connectivity index (χ0v) is 54.6. The van der Waals surface area contributed by atoms with Crippen LogP contribution in [0.1, 0.15) is 179 Å². The van der Waals surface area contributed by atoms with Crippen LogP contribution in [-0.2, 0) is 85.3 Å². The summed E-state index contributed by atoms with van der Waals surface area (Å²) in [7, 11) is 0. The van der Waals surface area contributed by atoms with E-state index >= 15 is 0 Å². The Morgan fingerprint density at radius 2 is 0.358 bits per heavy atom. The summed E-state index contributed by atoms with van der Waals surface area (Å²) in [5.74, 6) is 1.21. The summed E-state index contributed by atoms with van der Waals surface area (Å²) < 4.78 is 101. The van der Waals surface area contributed by atoms with E-state index in [0.29, 0.717) is 176 Å². The Morgan fingerprint density at radius 1 is 0.185 bits per heavy atom. The zero-order valence-electron chi connectivity index (χ0n) is 54.6. The van der Waals surface area contributed by atoms with Crippen molar-refractivity contribution in [3.05, 3.63) is 0 Å². The Morgan fingerprint density at radius 3 is 0.519 bits per heavy atom. The maximum atomic E-state index is 6.01. The van der Waals surface area contributed by atoms with Crippen molar-refractivity contribution in [2.45, 2.75) is 198 Å². The molecule has 0 saturated heterocycles. The molecular formula is C63H132O18. The SMILES string of the molecule is CCCCC(CC)C(OCCOCCOCC)OCCOCCOCC.CCCCC(CC)C(OCCOCCOCC)OCCOCCOCCC.CCCCC(CC)C(OCCOCCOCCC)OCCOCCOCCC. The van der Waals surface area contributed by atoms with Gasteiger partial charge in [0.15, 0.2) is 18.9 Å². The molecule has 18 heteroatoms. The van der Waals surface area contributed by atoms with E-state index in [1.54, 1.807) is 0 Å². The number of hydrogen-bond donors (Lipinski definition) is 0. The molecule has 0 amide bonds. The quantitative estimate of drug-likeness (QED) is 0.0416. The smallest absolute Gasteiger partial charge is 0.160 e. The predicted octanol–water partition coefficient (Wildman–Crippen LogP) is 12.2. The zero-order chi connectivity index (χ0) is 60.0. The second-order valence-electron chi connectivity index (χ2n) is 19.4. The van der Waals surface area contributed by atoms with E-state index in [1.807, 2.05) is 20.8 Å². The summed E-state index contributed by atoms with van der Waals surface area (Å²) in [5.41, 5.74) is 0. The molecule has 4 unspecified atom stereocenters. The van der Waals surface area contributed by atoms with E-state index in [-0.39, 0.29) is 18.9 Å². The minimum Gasteiger partial charge on any atom is -0.379 e.